The highest BCUT2D eigenvalue weighted by Crippen LogP contribution is 2.27. The monoisotopic (exact) mass is 251 g/mol. The zero-order valence-electron chi connectivity index (χ0n) is 8.28. The summed E-state index contributed by atoms with van der Waals surface area (Å²) in [7, 11) is 0. The van der Waals surface area contributed by atoms with E-state index in [-0.39, 0.29) is 17.9 Å². The van der Waals surface area contributed by atoms with Crippen molar-refractivity contribution in [2.75, 3.05) is 5.73 Å². The molecule has 0 bridgehead atoms. The predicted molar refractivity (Wildman–Crippen MR) is 50.2 cm³/mol. The number of alkyl halides is 3. The largest absolute Gasteiger partial charge is 0.574 e. The number of rotatable bonds is 3. The van der Waals surface area contributed by atoms with Crippen molar-refractivity contribution in [1.29, 1.82) is 0 Å². The Morgan fingerprint density at radius 2 is 2.12 bits per heavy atom. The zero-order chi connectivity index (χ0) is 13.2. The topological polar surface area (TPSA) is 111 Å². The van der Waals surface area contributed by atoms with Gasteiger partial charge in [0.1, 0.15) is 11.4 Å². The van der Waals surface area contributed by atoms with E-state index in [9.17, 15) is 18.0 Å². The van der Waals surface area contributed by atoms with E-state index in [2.05, 4.69) is 9.72 Å². The van der Waals surface area contributed by atoms with Gasteiger partial charge in [0.05, 0.1) is 0 Å². The molecule has 0 radical (unpaired) electrons. The summed E-state index contributed by atoms with van der Waals surface area (Å²) >= 11 is 0. The number of aromatic carboxylic acids is 1. The molecule has 0 amide bonds. The van der Waals surface area contributed by atoms with E-state index >= 15 is 0 Å². The lowest BCUT2D eigenvalue weighted by atomic mass is 10.2. The summed E-state index contributed by atoms with van der Waals surface area (Å²) in [5, 5.41) is 8.70. The van der Waals surface area contributed by atoms with Gasteiger partial charge in [-0.15, -0.1) is 13.2 Å². The van der Waals surface area contributed by atoms with Crippen LogP contribution >= 0.6 is 0 Å². The summed E-state index contributed by atoms with van der Waals surface area (Å²) in [5.74, 6) is -3.04. The van der Waals surface area contributed by atoms with Crippen LogP contribution in [0.4, 0.5) is 19.0 Å². The van der Waals surface area contributed by atoms with Crippen LogP contribution in [0.5, 0.6) is 5.88 Å². The first-order valence-electron chi connectivity index (χ1n) is 4.23. The Morgan fingerprint density at radius 3 is 2.53 bits per heavy atom. The highest BCUT2D eigenvalue weighted by atomic mass is 19.4. The molecule has 1 heterocycles. The SMILES string of the molecule is NCc1cc(C(=O)O)c(OC(F)(F)F)nc1N. The summed E-state index contributed by atoms with van der Waals surface area (Å²) in [6, 6.07) is 0.895. The van der Waals surface area contributed by atoms with E-state index in [0.717, 1.165) is 6.07 Å². The van der Waals surface area contributed by atoms with Crippen molar-refractivity contribution in [1.82, 2.24) is 4.98 Å². The summed E-state index contributed by atoms with van der Waals surface area (Å²) in [6.45, 7) is -0.147. The third kappa shape index (κ3) is 3.21. The van der Waals surface area contributed by atoms with Crippen LogP contribution in [-0.4, -0.2) is 22.4 Å². The molecule has 0 aliphatic rings. The Hall–Kier alpha value is -2.03. The molecule has 0 aromatic carbocycles. The molecule has 0 saturated heterocycles. The number of carboxylic acid groups (broad SMARTS) is 1. The molecule has 0 fully saturated rings. The smallest absolute Gasteiger partial charge is 0.477 e. The van der Waals surface area contributed by atoms with E-state index in [1.54, 1.807) is 0 Å². The van der Waals surface area contributed by atoms with Crippen LogP contribution in [0.1, 0.15) is 15.9 Å². The molecule has 1 aromatic heterocycles. The zero-order valence-corrected chi connectivity index (χ0v) is 8.28. The van der Waals surface area contributed by atoms with Gasteiger partial charge >= 0.3 is 12.3 Å². The number of aromatic nitrogens is 1. The molecule has 9 heteroatoms. The van der Waals surface area contributed by atoms with Gasteiger partial charge in [-0.25, -0.2) is 4.79 Å². The molecule has 0 saturated carbocycles. The van der Waals surface area contributed by atoms with Crippen molar-refractivity contribution < 1.29 is 27.8 Å². The average molecular weight is 251 g/mol. The Labute approximate surface area is 93.0 Å². The second-order valence-electron chi connectivity index (χ2n) is 2.94. The van der Waals surface area contributed by atoms with Crippen LogP contribution in [-0.2, 0) is 6.54 Å². The Balaban J connectivity index is 3.28. The maximum Gasteiger partial charge on any atom is 0.574 e. The Morgan fingerprint density at radius 1 is 1.53 bits per heavy atom. The van der Waals surface area contributed by atoms with Gasteiger partial charge in [0.15, 0.2) is 0 Å². The van der Waals surface area contributed by atoms with Crippen LogP contribution in [0.15, 0.2) is 6.07 Å². The minimum atomic E-state index is -5.05. The number of nitrogens with two attached hydrogens (primary N) is 2. The lowest BCUT2D eigenvalue weighted by molar-refractivity contribution is -0.276. The van der Waals surface area contributed by atoms with Crippen LogP contribution in [0, 0.1) is 0 Å². The molecule has 5 N–H and O–H groups in total. The number of pyridine rings is 1. The van der Waals surface area contributed by atoms with Gasteiger partial charge < -0.3 is 21.3 Å². The second-order valence-corrected chi connectivity index (χ2v) is 2.94. The summed E-state index contributed by atoms with van der Waals surface area (Å²) in [6.07, 6.45) is -5.05. The van der Waals surface area contributed by atoms with Gasteiger partial charge in [-0.1, -0.05) is 0 Å². The number of anilines is 1. The number of hydrogen-bond acceptors (Lipinski definition) is 5. The highest BCUT2D eigenvalue weighted by Gasteiger charge is 2.34. The van der Waals surface area contributed by atoms with Crippen molar-refractivity contribution in [2.24, 2.45) is 5.73 Å². The van der Waals surface area contributed by atoms with E-state index in [1.165, 1.54) is 0 Å². The van der Waals surface area contributed by atoms with E-state index < -0.39 is 23.8 Å². The fourth-order valence-corrected chi connectivity index (χ4v) is 1.06. The van der Waals surface area contributed by atoms with Crippen molar-refractivity contribution in [2.45, 2.75) is 12.9 Å². The van der Waals surface area contributed by atoms with Gasteiger partial charge in [-0.2, -0.15) is 4.98 Å². The maximum atomic E-state index is 12.0. The fraction of sp³-hybridized carbons (Fsp3) is 0.250. The normalized spacial score (nSPS) is 11.3. The van der Waals surface area contributed by atoms with Gasteiger partial charge in [-0.3, -0.25) is 0 Å². The molecule has 6 nitrogen and oxygen atoms in total. The molecule has 1 aromatic rings. The number of ether oxygens (including phenoxy) is 1. The first kappa shape index (κ1) is 13.0. The third-order valence-electron chi connectivity index (χ3n) is 1.76. The number of nitrogen functional groups attached to an aromatic ring is 1. The molecule has 94 valence electrons. The van der Waals surface area contributed by atoms with Crippen molar-refractivity contribution in [3.8, 4) is 5.88 Å². The molecule has 1 rings (SSSR count). The van der Waals surface area contributed by atoms with E-state index in [4.69, 9.17) is 16.6 Å². The Kier molecular flexibility index (Phi) is 3.42. The lowest BCUT2D eigenvalue weighted by Gasteiger charge is -2.12. The second kappa shape index (κ2) is 4.45. The number of carboxylic acids is 1. The third-order valence-corrected chi connectivity index (χ3v) is 1.76. The number of hydrogen-bond donors (Lipinski definition) is 3. The molecular formula is C8H8F3N3O3. The summed E-state index contributed by atoms with van der Waals surface area (Å²) in [5.41, 5.74) is 9.88. The molecule has 0 atom stereocenters. The minimum Gasteiger partial charge on any atom is -0.477 e. The quantitative estimate of drug-likeness (QED) is 0.729. The van der Waals surface area contributed by atoms with Gasteiger partial charge in [-0.05, 0) is 6.07 Å². The van der Waals surface area contributed by atoms with Gasteiger partial charge in [0.2, 0.25) is 5.88 Å². The first-order chi connectivity index (χ1) is 7.74. The Bertz CT molecular complexity index is 448. The maximum absolute atomic E-state index is 12.0. The average Bonchev–Trinajstić information content (AvgIpc) is 2.14. The van der Waals surface area contributed by atoms with E-state index in [1.807, 2.05) is 0 Å². The summed E-state index contributed by atoms with van der Waals surface area (Å²) < 4.78 is 39.4. The fourth-order valence-electron chi connectivity index (χ4n) is 1.06. The van der Waals surface area contributed by atoms with Crippen LogP contribution in [0.25, 0.3) is 0 Å². The van der Waals surface area contributed by atoms with Crippen molar-refractivity contribution >= 4 is 11.8 Å². The molecule has 0 spiro atoms. The van der Waals surface area contributed by atoms with Crippen molar-refractivity contribution in [3.05, 3.63) is 17.2 Å². The number of carbonyl (C=O) groups is 1. The van der Waals surface area contributed by atoms with E-state index in [0.29, 0.717) is 0 Å². The lowest BCUT2D eigenvalue weighted by Crippen LogP contribution is -2.21. The van der Waals surface area contributed by atoms with Gasteiger partial charge in [0.25, 0.3) is 0 Å². The molecule has 0 aliphatic carbocycles. The summed E-state index contributed by atoms with van der Waals surface area (Å²) in [4.78, 5) is 13.9. The van der Waals surface area contributed by atoms with Gasteiger partial charge in [0, 0.05) is 12.1 Å². The molecule has 0 unspecified atom stereocenters. The number of nitrogens with zero attached hydrogens (tertiary/aromatic N) is 1. The first-order valence-corrected chi connectivity index (χ1v) is 4.23. The van der Waals surface area contributed by atoms with Crippen LogP contribution in [0.3, 0.4) is 0 Å². The molecule has 17 heavy (non-hydrogen) atoms. The number of halogens is 3. The molecular weight excluding hydrogens is 243 g/mol. The predicted octanol–water partition coefficient (Wildman–Crippen LogP) is 0.719. The van der Waals surface area contributed by atoms with Crippen LogP contribution < -0.4 is 16.2 Å². The van der Waals surface area contributed by atoms with Crippen molar-refractivity contribution in [3.63, 3.8) is 0 Å². The van der Waals surface area contributed by atoms with Crippen LogP contribution in [0.2, 0.25) is 0 Å². The highest BCUT2D eigenvalue weighted by molar-refractivity contribution is 5.90. The minimum absolute atomic E-state index is 0.122. The molecule has 0 aliphatic heterocycles. The standard InChI is InChI=1S/C8H8F3N3O3/c9-8(10,11)17-6-4(7(15)16)1-3(2-12)5(13)14-6/h1H,2,12H2,(H2,13,14)(H,15,16).